The lowest BCUT2D eigenvalue weighted by Crippen LogP contribution is -2.29. The largest absolute Gasteiger partial charge is 0.508 e. The summed E-state index contributed by atoms with van der Waals surface area (Å²) >= 11 is 0. The van der Waals surface area contributed by atoms with Crippen LogP contribution in [0.5, 0.6) is 46.0 Å². The molecule has 458 valence electrons. The van der Waals surface area contributed by atoms with E-state index in [1.165, 1.54) is 0 Å². The number of benzene rings is 8. The van der Waals surface area contributed by atoms with Gasteiger partial charge < -0.3 is 51.0 Å². The number of amides is 1. The molecule has 86 heavy (non-hydrogen) atoms. The predicted octanol–water partition coefficient (Wildman–Crippen LogP) is 17.6. The molecule has 11 heteroatoms. The standard InChI is InChI=1S/C22H27NO4.C18H22O2.2C17H20O2.CH4/c1-16(24)4-3-15-23-21(27)13-14-22(2,17-5-9-19(25)10-6-17)18-7-11-20(26)12-8-18;1-4-5-6-15-11-14(7-8-17(15)19)16-9-12(2)18(20)13(3)10-16;1-5-13-9-15(8-12(4)17(13)19)14-6-10(2)16(18)11(3)7-14;1-4-5-14-10-13(6-7-16(14)18)15-8-11(2)17(19)12(3)9-15;/h5-12,25-26H,3-4,13-15H2,1-2H3,(H,23,27);7-11,19-20H,4-6H2,1-3H3;6-9,18-19H,5H2,1-4H3;6-10,18-19H,4-5H2,1-3H3;1H4. The van der Waals surface area contributed by atoms with Gasteiger partial charge in [0.05, 0.1) is 0 Å². The first-order valence-corrected chi connectivity index (χ1v) is 29.5. The molecule has 0 fully saturated rings. The van der Waals surface area contributed by atoms with Crippen molar-refractivity contribution in [3.63, 3.8) is 0 Å². The molecular weight excluding hydrogens is 1070 g/mol. The predicted molar refractivity (Wildman–Crippen MR) is 352 cm³/mol. The Morgan fingerprint density at radius 1 is 0.419 bits per heavy atom. The van der Waals surface area contributed by atoms with Crippen LogP contribution in [-0.2, 0) is 34.3 Å². The molecule has 0 bridgehead atoms. The number of carbonyl (C=O) groups is 2. The molecular formula is C75H93NO10. The highest BCUT2D eigenvalue weighted by molar-refractivity contribution is 5.77. The van der Waals surface area contributed by atoms with Crippen LogP contribution in [0.2, 0.25) is 0 Å². The van der Waals surface area contributed by atoms with Crippen LogP contribution >= 0.6 is 0 Å². The molecule has 0 aromatic heterocycles. The number of aryl methyl sites for hydroxylation is 10. The third-order valence-corrected chi connectivity index (χ3v) is 15.6. The van der Waals surface area contributed by atoms with Gasteiger partial charge in [0.25, 0.3) is 0 Å². The molecule has 0 atom stereocenters. The Bertz CT molecular complexity index is 3430. The number of phenols is 8. The highest BCUT2D eigenvalue weighted by Crippen LogP contribution is 2.39. The van der Waals surface area contributed by atoms with Crippen molar-refractivity contribution in [2.24, 2.45) is 0 Å². The number of carbonyl (C=O) groups excluding carboxylic acids is 2. The van der Waals surface area contributed by atoms with Gasteiger partial charge in [0.2, 0.25) is 5.91 Å². The van der Waals surface area contributed by atoms with E-state index in [2.05, 4.69) is 32.2 Å². The first-order valence-electron chi connectivity index (χ1n) is 29.5. The first kappa shape index (κ1) is 69.8. The molecule has 11 nitrogen and oxygen atoms in total. The van der Waals surface area contributed by atoms with Crippen LogP contribution in [-0.4, -0.2) is 59.1 Å². The number of hydrogen-bond donors (Lipinski definition) is 9. The normalized spacial score (nSPS) is 10.7. The van der Waals surface area contributed by atoms with Gasteiger partial charge in [-0.15, -0.1) is 0 Å². The summed E-state index contributed by atoms with van der Waals surface area (Å²) in [6, 6.07) is 41.3. The summed E-state index contributed by atoms with van der Waals surface area (Å²) in [6.45, 7) is 23.7. The minimum Gasteiger partial charge on any atom is -0.508 e. The second-order valence-electron chi connectivity index (χ2n) is 22.7. The number of rotatable bonds is 18. The maximum Gasteiger partial charge on any atom is 0.220 e. The van der Waals surface area contributed by atoms with Crippen LogP contribution in [0.1, 0.15) is 154 Å². The summed E-state index contributed by atoms with van der Waals surface area (Å²) in [4.78, 5) is 23.2. The second kappa shape index (κ2) is 32.5. The van der Waals surface area contributed by atoms with Gasteiger partial charge in [-0.3, -0.25) is 4.79 Å². The number of phenolic OH excluding ortho intramolecular Hbond substituents is 8. The summed E-state index contributed by atoms with van der Waals surface area (Å²) in [7, 11) is 0. The van der Waals surface area contributed by atoms with Crippen molar-refractivity contribution >= 4 is 11.7 Å². The van der Waals surface area contributed by atoms with Crippen molar-refractivity contribution in [1.82, 2.24) is 5.32 Å². The highest BCUT2D eigenvalue weighted by Gasteiger charge is 2.30. The zero-order valence-corrected chi connectivity index (χ0v) is 51.9. The van der Waals surface area contributed by atoms with E-state index in [4.69, 9.17) is 0 Å². The Morgan fingerprint density at radius 2 is 0.779 bits per heavy atom. The second-order valence-corrected chi connectivity index (χ2v) is 22.7. The van der Waals surface area contributed by atoms with Gasteiger partial charge in [0.15, 0.2) is 0 Å². The van der Waals surface area contributed by atoms with Crippen molar-refractivity contribution in [3.8, 4) is 79.4 Å². The Balaban J connectivity index is 0.000000247. The molecule has 0 radical (unpaired) electrons. The zero-order chi connectivity index (χ0) is 62.7. The monoisotopic (exact) mass is 1170 g/mol. The molecule has 9 N–H and O–H groups in total. The van der Waals surface area contributed by atoms with Gasteiger partial charge >= 0.3 is 0 Å². The molecule has 0 aliphatic rings. The Labute approximate surface area is 511 Å². The summed E-state index contributed by atoms with van der Waals surface area (Å²) in [5.41, 5.74) is 17.1. The van der Waals surface area contributed by atoms with Crippen LogP contribution in [0.3, 0.4) is 0 Å². The molecule has 0 saturated heterocycles. The number of Topliss-reactive ketones (excluding diaryl/α,β-unsaturated/α-hetero) is 1. The zero-order valence-electron chi connectivity index (χ0n) is 51.9. The maximum atomic E-state index is 12.2. The SMILES string of the molecule is C.CC(=O)CCCNC(=O)CCC(C)(c1ccc(O)cc1)c1ccc(O)cc1.CCCCc1cc(-c2cc(C)c(O)c(C)c2)ccc1O.CCCc1cc(-c2cc(C)c(O)c(C)c2)ccc1O.CCc1cc(-c2cc(C)c(O)c(C)c2)cc(C)c1O. The quantitative estimate of drug-likeness (QED) is 0.0371. The summed E-state index contributed by atoms with van der Waals surface area (Å²) in [5.74, 6) is 2.64. The van der Waals surface area contributed by atoms with Gasteiger partial charge in [-0.2, -0.15) is 0 Å². The van der Waals surface area contributed by atoms with Gasteiger partial charge in [-0.25, -0.2) is 0 Å². The fourth-order valence-corrected chi connectivity index (χ4v) is 10.4. The van der Waals surface area contributed by atoms with Crippen LogP contribution in [0.25, 0.3) is 33.4 Å². The topological polar surface area (TPSA) is 208 Å². The third kappa shape index (κ3) is 19.2. The highest BCUT2D eigenvalue weighted by atomic mass is 16.3. The van der Waals surface area contributed by atoms with E-state index in [9.17, 15) is 50.4 Å². The van der Waals surface area contributed by atoms with Crippen molar-refractivity contribution < 1.29 is 50.4 Å². The van der Waals surface area contributed by atoms with Crippen LogP contribution in [0.4, 0.5) is 0 Å². The molecule has 8 rings (SSSR count). The summed E-state index contributed by atoms with van der Waals surface area (Å²) < 4.78 is 0. The fourth-order valence-electron chi connectivity index (χ4n) is 10.4. The lowest BCUT2D eigenvalue weighted by atomic mass is 9.73. The molecule has 1 amide bonds. The number of aromatic hydroxyl groups is 8. The Kier molecular flexibility index (Phi) is 26.4. The van der Waals surface area contributed by atoms with Crippen molar-refractivity contribution in [2.45, 2.75) is 160 Å². The molecule has 8 aromatic carbocycles. The number of nitrogens with one attached hydrogen (secondary N) is 1. The van der Waals surface area contributed by atoms with E-state index in [-0.39, 0.29) is 30.6 Å². The van der Waals surface area contributed by atoms with Crippen molar-refractivity contribution in [2.75, 3.05) is 6.54 Å². The average Bonchev–Trinajstić information content (AvgIpc) is 2.97. The van der Waals surface area contributed by atoms with Crippen molar-refractivity contribution in [3.05, 3.63) is 200 Å². The third-order valence-electron chi connectivity index (χ3n) is 15.6. The number of unbranched alkanes of at least 4 members (excludes halogenated alkanes) is 1. The average molecular weight is 1170 g/mol. The lowest BCUT2D eigenvalue weighted by molar-refractivity contribution is -0.122. The van der Waals surface area contributed by atoms with E-state index in [1.807, 2.05) is 146 Å². The van der Waals surface area contributed by atoms with Gasteiger partial charge in [-0.05, 0) is 291 Å². The van der Waals surface area contributed by atoms with E-state index < -0.39 is 5.41 Å². The first-order chi connectivity index (χ1) is 40.3. The Morgan fingerprint density at radius 3 is 1.15 bits per heavy atom. The van der Waals surface area contributed by atoms with E-state index in [0.29, 0.717) is 66.7 Å². The van der Waals surface area contributed by atoms with Gasteiger partial charge in [0.1, 0.15) is 51.8 Å². The van der Waals surface area contributed by atoms with E-state index in [1.54, 1.807) is 43.3 Å². The molecule has 0 spiro atoms. The van der Waals surface area contributed by atoms with Crippen LogP contribution in [0.15, 0.2) is 133 Å². The summed E-state index contributed by atoms with van der Waals surface area (Å²) in [6.07, 6.45) is 7.78. The molecule has 0 saturated carbocycles. The van der Waals surface area contributed by atoms with Crippen LogP contribution < -0.4 is 5.32 Å². The van der Waals surface area contributed by atoms with Gasteiger partial charge in [0, 0.05) is 24.8 Å². The summed E-state index contributed by atoms with van der Waals surface area (Å²) in [5, 5.41) is 81.3. The van der Waals surface area contributed by atoms with Crippen LogP contribution in [0, 0.1) is 48.5 Å². The Hall–Kier alpha value is -8.70. The molecule has 0 unspecified atom stereocenters. The van der Waals surface area contributed by atoms with Crippen molar-refractivity contribution in [1.29, 1.82) is 0 Å². The number of ketones is 1. The molecule has 8 aromatic rings. The fraction of sp³-hybridized carbons (Fsp3) is 0.333. The molecule has 0 aliphatic carbocycles. The smallest absolute Gasteiger partial charge is 0.220 e. The minimum atomic E-state index is -0.446. The number of hydrogen-bond acceptors (Lipinski definition) is 10. The lowest BCUT2D eigenvalue weighted by Gasteiger charge is -2.31. The molecule has 0 heterocycles. The molecule has 0 aliphatic heterocycles. The van der Waals surface area contributed by atoms with E-state index >= 15 is 0 Å². The minimum absolute atomic E-state index is 0. The van der Waals surface area contributed by atoms with Gasteiger partial charge in [-0.1, -0.05) is 84.4 Å². The van der Waals surface area contributed by atoms with E-state index in [0.717, 1.165) is 139 Å². The maximum absolute atomic E-state index is 12.2.